The van der Waals surface area contributed by atoms with Gasteiger partial charge in [-0.3, -0.25) is 39.2 Å². The van der Waals surface area contributed by atoms with E-state index in [2.05, 4.69) is 15.6 Å². The number of rotatable bonds is 6. The van der Waals surface area contributed by atoms with Crippen LogP contribution in [-0.4, -0.2) is 52.1 Å². The van der Waals surface area contributed by atoms with E-state index in [9.17, 15) is 24.0 Å². The predicted octanol–water partition coefficient (Wildman–Crippen LogP) is 1.48. The second-order valence-electron chi connectivity index (χ2n) is 7.30. The number of ether oxygens (including phenoxy) is 1. The number of carbonyl (C=O) groups excluding carboxylic acids is 5. The molecule has 0 bridgehead atoms. The van der Waals surface area contributed by atoms with Gasteiger partial charge in [-0.1, -0.05) is 23.2 Å². The first kappa shape index (κ1) is 22.7. The van der Waals surface area contributed by atoms with Crippen molar-refractivity contribution in [1.82, 2.24) is 20.5 Å². The van der Waals surface area contributed by atoms with Crippen LogP contribution in [0.5, 0.6) is 5.75 Å². The van der Waals surface area contributed by atoms with Crippen LogP contribution >= 0.6 is 23.2 Å². The number of benzene rings is 1. The molecule has 2 aliphatic rings. The first-order valence-electron chi connectivity index (χ1n) is 9.79. The number of halogens is 2. The number of pyridine rings is 1. The number of nitrogens with zero attached hydrogens (tertiary/aromatic N) is 2. The van der Waals surface area contributed by atoms with Crippen LogP contribution in [0.25, 0.3) is 0 Å². The zero-order chi connectivity index (χ0) is 23.7. The largest absolute Gasteiger partial charge is 0.484 e. The third-order valence-corrected chi connectivity index (χ3v) is 5.85. The van der Waals surface area contributed by atoms with E-state index >= 15 is 0 Å². The predicted molar refractivity (Wildman–Crippen MR) is 115 cm³/mol. The molecule has 170 valence electrons. The molecule has 1 aromatic carbocycles. The van der Waals surface area contributed by atoms with Crippen LogP contribution in [0.1, 0.15) is 39.1 Å². The number of fused-ring (bicyclic) bond motifs is 1. The molecule has 2 N–H and O–H groups in total. The third-order valence-electron chi connectivity index (χ3n) is 5.20. The maximum Gasteiger partial charge on any atom is 0.262 e. The number of imide groups is 2. The fourth-order valence-corrected chi connectivity index (χ4v) is 4.03. The Morgan fingerprint density at radius 1 is 1.12 bits per heavy atom. The van der Waals surface area contributed by atoms with Crippen molar-refractivity contribution in [3.63, 3.8) is 0 Å². The molecule has 5 amide bonds. The molecule has 0 spiro atoms. The van der Waals surface area contributed by atoms with Crippen molar-refractivity contribution in [2.24, 2.45) is 0 Å². The number of hydrogen-bond acceptors (Lipinski definition) is 7. The molecule has 1 atom stereocenters. The van der Waals surface area contributed by atoms with Crippen LogP contribution < -0.4 is 15.4 Å². The summed E-state index contributed by atoms with van der Waals surface area (Å²) >= 11 is 12.0. The topological polar surface area (TPSA) is 135 Å². The summed E-state index contributed by atoms with van der Waals surface area (Å²) in [4.78, 5) is 65.8. The van der Waals surface area contributed by atoms with Gasteiger partial charge in [-0.15, -0.1) is 0 Å². The van der Waals surface area contributed by atoms with Gasteiger partial charge in [0.05, 0.1) is 21.2 Å². The van der Waals surface area contributed by atoms with E-state index in [0.29, 0.717) is 15.6 Å². The Bertz CT molecular complexity index is 1180. The van der Waals surface area contributed by atoms with Gasteiger partial charge in [0.15, 0.2) is 6.61 Å². The SMILES string of the molecule is O=C(COc1ccc2c(c1)C(=O)N(C1CCC(=O)NC1=O)C2=O)NCc1c(Cl)cncc1Cl. The maximum atomic E-state index is 12.8. The second kappa shape index (κ2) is 9.16. The fraction of sp³-hybridized carbons (Fsp3) is 0.238. The summed E-state index contributed by atoms with van der Waals surface area (Å²) in [6.07, 6.45) is 2.91. The van der Waals surface area contributed by atoms with Crippen molar-refractivity contribution < 1.29 is 28.7 Å². The Morgan fingerprint density at radius 3 is 2.52 bits per heavy atom. The van der Waals surface area contributed by atoms with Crippen LogP contribution in [0.2, 0.25) is 10.0 Å². The normalized spacial score (nSPS) is 17.6. The van der Waals surface area contributed by atoms with Gasteiger partial charge >= 0.3 is 0 Å². The highest BCUT2D eigenvalue weighted by Gasteiger charge is 2.44. The van der Waals surface area contributed by atoms with E-state index < -0.39 is 35.6 Å². The molecule has 0 aliphatic carbocycles. The first-order chi connectivity index (χ1) is 15.8. The number of aromatic nitrogens is 1. The molecule has 0 radical (unpaired) electrons. The maximum absolute atomic E-state index is 12.8. The molecule has 2 aromatic rings. The van der Waals surface area contributed by atoms with Gasteiger partial charge in [0, 0.05) is 30.9 Å². The lowest BCUT2D eigenvalue weighted by Crippen LogP contribution is -2.54. The van der Waals surface area contributed by atoms with Gasteiger partial charge < -0.3 is 10.1 Å². The minimum atomic E-state index is -1.06. The molecule has 33 heavy (non-hydrogen) atoms. The van der Waals surface area contributed by atoms with Crippen LogP contribution in [0.3, 0.4) is 0 Å². The monoisotopic (exact) mass is 490 g/mol. The smallest absolute Gasteiger partial charge is 0.262 e. The molecule has 1 aromatic heterocycles. The van der Waals surface area contributed by atoms with Crippen LogP contribution in [0.15, 0.2) is 30.6 Å². The average molecular weight is 491 g/mol. The van der Waals surface area contributed by atoms with E-state index in [1.807, 2.05) is 0 Å². The molecule has 3 heterocycles. The highest BCUT2D eigenvalue weighted by Crippen LogP contribution is 2.30. The zero-order valence-corrected chi connectivity index (χ0v) is 18.4. The number of carbonyl (C=O) groups is 5. The molecule has 1 saturated heterocycles. The number of nitrogens with one attached hydrogen (secondary N) is 2. The Balaban J connectivity index is 1.39. The van der Waals surface area contributed by atoms with Crippen molar-refractivity contribution in [1.29, 1.82) is 0 Å². The van der Waals surface area contributed by atoms with Crippen LogP contribution in [-0.2, 0) is 20.9 Å². The zero-order valence-electron chi connectivity index (χ0n) is 16.9. The fourth-order valence-electron chi connectivity index (χ4n) is 3.53. The van der Waals surface area contributed by atoms with Crippen LogP contribution in [0, 0.1) is 0 Å². The lowest BCUT2D eigenvalue weighted by Gasteiger charge is -2.27. The van der Waals surface area contributed by atoms with Crippen LogP contribution in [0.4, 0.5) is 0 Å². The van der Waals surface area contributed by atoms with Gasteiger partial charge in [0.1, 0.15) is 11.8 Å². The Morgan fingerprint density at radius 2 is 1.82 bits per heavy atom. The third kappa shape index (κ3) is 4.53. The van der Waals surface area contributed by atoms with Crippen molar-refractivity contribution in [2.45, 2.75) is 25.4 Å². The molecular formula is C21H16Cl2N4O6. The van der Waals surface area contributed by atoms with Crippen molar-refractivity contribution in [3.05, 3.63) is 57.3 Å². The summed E-state index contributed by atoms with van der Waals surface area (Å²) in [5.74, 6) is -2.71. The Labute approximate surface area is 197 Å². The molecule has 4 rings (SSSR count). The van der Waals surface area contributed by atoms with Gasteiger partial charge in [-0.2, -0.15) is 0 Å². The quantitative estimate of drug-likeness (QED) is 0.585. The summed E-state index contributed by atoms with van der Waals surface area (Å²) in [7, 11) is 0. The van der Waals surface area contributed by atoms with Crippen molar-refractivity contribution >= 4 is 52.7 Å². The highest BCUT2D eigenvalue weighted by atomic mass is 35.5. The summed E-state index contributed by atoms with van der Waals surface area (Å²) in [5.41, 5.74) is 0.679. The second-order valence-corrected chi connectivity index (χ2v) is 8.12. The van der Waals surface area contributed by atoms with Gasteiger partial charge in [-0.25, -0.2) is 0 Å². The van der Waals surface area contributed by atoms with E-state index in [4.69, 9.17) is 27.9 Å². The molecule has 2 aliphatic heterocycles. The van der Waals surface area contributed by atoms with Gasteiger partial charge in [0.25, 0.3) is 17.7 Å². The Kier molecular flexibility index (Phi) is 6.30. The summed E-state index contributed by atoms with van der Waals surface area (Å²) in [5, 5.41) is 5.37. The molecule has 10 nitrogen and oxygen atoms in total. The molecule has 1 fully saturated rings. The van der Waals surface area contributed by atoms with Gasteiger partial charge in [0.2, 0.25) is 11.8 Å². The summed E-state index contributed by atoms with van der Waals surface area (Å²) in [6, 6.07) is 3.12. The lowest BCUT2D eigenvalue weighted by molar-refractivity contribution is -0.136. The number of piperidine rings is 1. The molecule has 1 unspecified atom stereocenters. The standard InChI is InChI=1S/C21H16Cl2N4O6/c22-14-7-24-8-15(23)13(14)6-25-18(29)9-33-10-1-2-11-12(5-10)21(32)27(20(11)31)16-3-4-17(28)26-19(16)30/h1-2,5,7-8,16H,3-4,6,9H2,(H,25,29)(H,26,28,30). The lowest BCUT2D eigenvalue weighted by atomic mass is 10.0. The average Bonchev–Trinajstić information content (AvgIpc) is 3.02. The number of amides is 5. The van der Waals surface area contributed by atoms with Gasteiger partial charge in [-0.05, 0) is 24.6 Å². The van der Waals surface area contributed by atoms with Crippen molar-refractivity contribution in [3.8, 4) is 5.75 Å². The highest BCUT2D eigenvalue weighted by molar-refractivity contribution is 6.35. The van der Waals surface area contributed by atoms with E-state index in [0.717, 1.165) is 4.90 Å². The Hall–Kier alpha value is -3.50. The van der Waals surface area contributed by atoms with E-state index in [-0.39, 0.29) is 42.9 Å². The van der Waals surface area contributed by atoms with E-state index in [1.54, 1.807) is 0 Å². The molecule has 12 heteroatoms. The molecule has 0 saturated carbocycles. The summed E-state index contributed by atoms with van der Waals surface area (Å²) < 4.78 is 5.45. The van der Waals surface area contributed by atoms with E-state index in [1.165, 1.54) is 30.6 Å². The number of hydrogen-bond donors (Lipinski definition) is 2. The minimum Gasteiger partial charge on any atom is -0.484 e. The minimum absolute atomic E-state index is 0.0310. The molecular weight excluding hydrogens is 475 g/mol. The first-order valence-corrected chi connectivity index (χ1v) is 10.5. The van der Waals surface area contributed by atoms with Crippen molar-refractivity contribution in [2.75, 3.05) is 6.61 Å². The summed E-state index contributed by atoms with van der Waals surface area (Å²) in [6.45, 7) is -0.293.